The second kappa shape index (κ2) is 10.8. The summed E-state index contributed by atoms with van der Waals surface area (Å²) in [6.07, 6.45) is 0. The van der Waals surface area contributed by atoms with E-state index in [0.29, 0.717) is 0 Å². The number of benzene rings is 8. The van der Waals surface area contributed by atoms with Gasteiger partial charge in [0, 0.05) is 36.8 Å². The minimum atomic E-state index is -0.171. The van der Waals surface area contributed by atoms with Gasteiger partial charge in [0.1, 0.15) is 23.1 Å². The maximum Gasteiger partial charge on any atom is 0.157 e. The first-order valence-corrected chi connectivity index (χ1v) is 18.0. The quantitative estimate of drug-likeness (QED) is 0.145. The first-order valence-electron chi connectivity index (χ1n) is 17.2. The number of hydrogen-bond donors (Lipinski definition) is 2. The van der Waals surface area contributed by atoms with Gasteiger partial charge in [-0.1, -0.05) is 103 Å². The van der Waals surface area contributed by atoms with Crippen LogP contribution in [0.2, 0.25) is 0 Å². The van der Waals surface area contributed by atoms with Gasteiger partial charge in [0.25, 0.3) is 0 Å². The van der Waals surface area contributed by atoms with Crippen molar-refractivity contribution < 1.29 is 4.42 Å². The molecule has 2 aromatic heterocycles. The summed E-state index contributed by atoms with van der Waals surface area (Å²) in [4.78, 5) is 5.12. The summed E-state index contributed by atoms with van der Waals surface area (Å²) < 4.78 is 9.31. The highest BCUT2D eigenvalue weighted by atomic mass is 32.1. The van der Waals surface area contributed by atoms with Gasteiger partial charge in [0.2, 0.25) is 0 Å². The third kappa shape index (κ3) is 4.35. The van der Waals surface area contributed by atoms with Crippen LogP contribution in [-0.4, -0.2) is 5.84 Å². The maximum atomic E-state index is 6.70. The number of fused-ring (bicyclic) bond motifs is 6. The predicted octanol–water partition coefficient (Wildman–Crippen LogP) is 12.2. The minimum Gasteiger partial charge on any atom is -0.456 e. The lowest BCUT2D eigenvalue weighted by Gasteiger charge is -2.24. The van der Waals surface area contributed by atoms with E-state index in [0.717, 1.165) is 67.3 Å². The van der Waals surface area contributed by atoms with E-state index in [1.807, 2.05) is 35.6 Å². The number of aliphatic imine (C=N–C) groups is 1. The van der Waals surface area contributed by atoms with Crippen molar-refractivity contribution in [2.24, 2.45) is 4.99 Å². The van der Waals surface area contributed by atoms with E-state index in [1.54, 1.807) is 0 Å². The monoisotopic (exact) mass is 671 g/mol. The molecule has 0 fully saturated rings. The van der Waals surface area contributed by atoms with Crippen LogP contribution < -0.4 is 11.1 Å². The molecule has 1 aliphatic rings. The number of nitrogens with one attached hydrogen (secondary N) is 1. The van der Waals surface area contributed by atoms with E-state index in [1.165, 1.54) is 41.7 Å². The number of rotatable bonds is 4. The average Bonchev–Trinajstić information content (AvgIpc) is 3.76. The number of thiophene rings is 1. The van der Waals surface area contributed by atoms with E-state index >= 15 is 0 Å². The Balaban J connectivity index is 1.06. The van der Waals surface area contributed by atoms with E-state index < -0.39 is 0 Å². The van der Waals surface area contributed by atoms with Gasteiger partial charge in [0.15, 0.2) is 5.76 Å². The molecule has 0 radical (unpaired) electrons. The van der Waals surface area contributed by atoms with Gasteiger partial charge in [0.05, 0.1) is 0 Å². The van der Waals surface area contributed by atoms with Crippen molar-refractivity contribution in [2.75, 3.05) is 5.73 Å². The van der Waals surface area contributed by atoms with Gasteiger partial charge in [-0.2, -0.15) is 0 Å². The van der Waals surface area contributed by atoms with Crippen molar-refractivity contribution in [1.29, 1.82) is 0 Å². The van der Waals surface area contributed by atoms with Gasteiger partial charge in [-0.15, -0.1) is 11.3 Å². The predicted molar refractivity (Wildman–Crippen MR) is 215 cm³/mol. The highest BCUT2D eigenvalue weighted by molar-refractivity contribution is 7.26. The molecule has 1 aliphatic heterocycles. The van der Waals surface area contributed by atoms with Crippen LogP contribution in [0.5, 0.6) is 0 Å². The Hall–Kier alpha value is -6.43. The minimum absolute atomic E-state index is 0.171. The highest BCUT2D eigenvalue weighted by Crippen LogP contribution is 2.47. The number of amidine groups is 1. The second-order valence-corrected chi connectivity index (χ2v) is 14.5. The Kier molecular flexibility index (Phi) is 6.01. The molecular formula is C46H29N3OS. The second-order valence-electron chi connectivity index (χ2n) is 13.4. The van der Waals surface area contributed by atoms with Crippen LogP contribution >= 0.6 is 11.3 Å². The summed E-state index contributed by atoms with van der Waals surface area (Å²) in [7, 11) is 0. The van der Waals surface area contributed by atoms with Crippen LogP contribution in [0.1, 0.15) is 22.9 Å². The lowest BCUT2D eigenvalue weighted by Crippen LogP contribution is -2.32. The molecule has 0 amide bonds. The summed E-state index contributed by atoms with van der Waals surface area (Å²) in [6, 6.07) is 53.5. The van der Waals surface area contributed by atoms with Crippen molar-refractivity contribution in [3.8, 4) is 22.3 Å². The first-order chi connectivity index (χ1) is 25.2. The molecule has 3 N–H and O–H groups in total. The van der Waals surface area contributed by atoms with Gasteiger partial charge in [-0.05, 0) is 97.9 Å². The van der Waals surface area contributed by atoms with E-state index in [4.69, 9.17) is 15.1 Å². The first kappa shape index (κ1) is 28.4. The number of nitrogens with two attached hydrogens (primary N) is 1. The van der Waals surface area contributed by atoms with E-state index in [2.05, 4.69) is 133 Å². The van der Waals surface area contributed by atoms with Crippen molar-refractivity contribution >= 4 is 81.2 Å². The van der Waals surface area contributed by atoms with Crippen LogP contribution in [-0.2, 0) is 0 Å². The third-order valence-electron chi connectivity index (χ3n) is 10.4. The lowest BCUT2D eigenvalue weighted by molar-refractivity contribution is 0.504. The molecule has 1 atom stereocenters. The number of hydrogen-bond acceptors (Lipinski definition) is 5. The fraction of sp³-hybridized carbons (Fsp3) is 0.0217. The molecule has 0 spiro atoms. The molecular weight excluding hydrogens is 643 g/mol. The molecule has 0 aliphatic carbocycles. The Bertz CT molecular complexity index is 3010. The lowest BCUT2D eigenvalue weighted by atomic mass is 9.91. The van der Waals surface area contributed by atoms with Crippen LogP contribution in [0.15, 0.2) is 161 Å². The fourth-order valence-electron chi connectivity index (χ4n) is 8.05. The van der Waals surface area contributed by atoms with Gasteiger partial charge < -0.3 is 15.5 Å². The molecule has 240 valence electrons. The van der Waals surface area contributed by atoms with Crippen molar-refractivity contribution in [2.45, 2.75) is 6.04 Å². The molecule has 5 heteroatoms. The number of anilines is 1. The zero-order valence-corrected chi connectivity index (χ0v) is 28.2. The number of nitrogen functional groups attached to an aromatic ring is 1. The third-order valence-corrected chi connectivity index (χ3v) is 11.5. The van der Waals surface area contributed by atoms with Gasteiger partial charge >= 0.3 is 0 Å². The van der Waals surface area contributed by atoms with Crippen LogP contribution in [0.25, 0.3) is 74.9 Å². The largest absolute Gasteiger partial charge is 0.456 e. The smallest absolute Gasteiger partial charge is 0.157 e. The standard InChI is InChI=1S/C46H29N3OS/c47-32-21-29(20-30(22-32)31-23-37-34-15-8-7-14-33(34)35-16-9-17-39-41(35)42(37)40(25-31)51-39)28-18-19-36-38(24-28)50-45-43(26-10-3-1-4-11-26)48-46(49-44(36)45)27-12-5-2-6-13-27/h1-25,43H,47H2,(H,48,49). The molecule has 3 heterocycles. The van der Waals surface area contributed by atoms with Gasteiger partial charge in [-0.3, -0.25) is 0 Å². The zero-order valence-electron chi connectivity index (χ0n) is 27.4. The van der Waals surface area contributed by atoms with Crippen LogP contribution in [0, 0.1) is 0 Å². The summed E-state index contributed by atoms with van der Waals surface area (Å²) in [6.45, 7) is 0. The normalized spacial score (nSPS) is 14.4. The fourth-order valence-corrected chi connectivity index (χ4v) is 9.25. The van der Waals surface area contributed by atoms with E-state index in [-0.39, 0.29) is 6.04 Å². The topological polar surface area (TPSA) is 63.5 Å². The summed E-state index contributed by atoms with van der Waals surface area (Å²) in [5.41, 5.74) is 15.5. The Morgan fingerprint density at radius 2 is 1.22 bits per heavy atom. The number of furan rings is 1. The van der Waals surface area contributed by atoms with Crippen molar-refractivity contribution in [1.82, 2.24) is 5.32 Å². The van der Waals surface area contributed by atoms with Crippen molar-refractivity contribution in [3.63, 3.8) is 0 Å². The van der Waals surface area contributed by atoms with Gasteiger partial charge in [-0.25, -0.2) is 4.99 Å². The van der Waals surface area contributed by atoms with Crippen LogP contribution in [0.3, 0.4) is 0 Å². The summed E-state index contributed by atoms with van der Waals surface area (Å²) >= 11 is 1.87. The molecule has 11 rings (SSSR count). The van der Waals surface area contributed by atoms with E-state index in [9.17, 15) is 0 Å². The number of nitrogens with zero attached hydrogens (tertiary/aromatic N) is 1. The molecule has 51 heavy (non-hydrogen) atoms. The van der Waals surface area contributed by atoms with Crippen LogP contribution in [0.4, 0.5) is 11.4 Å². The molecule has 1 unspecified atom stereocenters. The zero-order chi connectivity index (χ0) is 33.6. The Labute approximate surface area is 297 Å². The SMILES string of the molecule is Nc1cc(-c2ccc3c4c(oc3c2)C(c2ccccc2)NC(c2ccccc2)=N4)cc(-c2cc3sc4cccc5c6ccccc6c(c2)c3c45)c1. The molecule has 0 bridgehead atoms. The molecule has 0 saturated heterocycles. The maximum absolute atomic E-state index is 6.70. The summed E-state index contributed by atoms with van der Waals surface area (Å²) in [5.74, 6) is 1.65. The summed E-state index contributed by atoms with van der Waals surface area (Å²) in [5, 5.41) is 12.5. The van der Waals surface area contributed by atoms with Crippen molar-refractivity contribution in [3.05, 3.63) is 169 Å². The molecule has 4 nitrogen and oxygen atoms in total. The molecule has 0 saturated carbocycles. The Morgan fingerprint density at radius 1 is 0.529 bits per heavy atom. The highest BCUT2D eigenvalue weighted by Gasteiger charge is 2.30. The average molecular weight is 672 g/mol. The Morgan fingerprint density at radius 3 is 2.04 bits per heavy atom. The molecule has 10 aromatic rings. The molecule has 8 aromatic carbocycles.